The minimum Gasteiger partial charge on any atom is -0.307 e. The molecular formula is C14H20INS. The molecule has 2 aliphatic rings. The highest BCUT2D eigenvalue weighted by Gasteiger charge is 2.25. The van der Waals surface area contributed by atoms with Gasteiger partial charge in [-0.3, -0.25) is 0 Å². The largest absolute Gasteiger partial charge is 0.307 e. The number of fused-ring (bicyclic) bond motifs is 1. The average molecular weight is 361 g/mol. The molecule has 0 saturated heterocycles. The fourth-order valence-corrected chi connectivity index (χ4v) is 5.37. The number of rotatable bonds is 2. The molecule has 1 unspecified atom stereocenters. The second-order valence-electron chi connectivity index (χ2n) is 5.38. The van der Waals surface area contributed by atoms with Crippen molar-refractivity contribution in [3.05, 3.63) is 19.4 Å². The number of aryl methyl sites for hydroxylation is 1. The van der Waals surface area contributed by atoms with Crippen LogP contribution in [-0.2, 0) is 6.42 Å². The van der Waals surface area contributed by atoms with E-state index in [9.17, 15) is 0 Å². The SMILES string of the molecule is Ic1cc2c(s1)CCCC2NC1CCCCC1. The minimum absolute atomic E-state index is 0.654. The van der Waals surface area contributed by atoms with Crippen molar-refractivity contribution < 1.29 is 0 Å². The molecule has 1 heterocycles. The second kappa shape index (κ2) is 5.57. The van der Waals surface area contributed by atoms with Gasteiger partial charge in [0.25, 0.3) is 0 Å². The van der Waals surface area contributed by atoms with Gasteiger partial charge < -0.3 is 5.32 Å². The molecule has 0 radical (unpaired) electrons. The maximum atomic E-state index is 3.93. The van der Waals surface area contributed by atoms with E-state index in [1.54, 1.807) is 10.4 Å². The molecule has 94 valence electrons. The van der Waals surface area contributed by atoms with Crippen LogP contribution in [0, 0.1) is 2.88 Å². The first-order chi connectivity index (χ1) is 8.33. The summed E-state index contributed by atoms with van der Waals surface area (Å²) in [6.07, 6.45) is 11.1. The minimum atomic E-state index is 0.654. The van der Waals surface area contributed by atoms with E-state index in [4.69, 9.17) is 0 Å². The van der Waals surface area contributed by atoms with Gasteiger partial charge in [0.1, 0.15) is 0 Å². The molecule has 3 rings (SSSR count). The number of hydrogen-bond acceptors (Lipinski definition) is 2. The molecule has 0 bridgehead atoms. The lowest BCUT2D eigenvalue weighted by molar-refractivity contribution is 0.322. The lowest BCUT2D eigenvalue weighted by atomic mass is 9.90. The van der Waals surface area contributed by atoms with Gasteiger partial charge in [-0.25, -0.2) is 0 Å². The van der Waals surface area contributed by atoms with Crippen LogP contribution in [0.2, 0.25) is 0 Å². The number of nitrogens with one attached hydrogen (secondary N) is 1. The molecule has 1 aromatic rings. The molecule has 0 aromatic carbocycles. The van der Waals surface area contributed by atoms with Crippen LogP contribution in [0.25, 0.3) is 0 Å². The van der Waals surface area contributed by atoms with Crippen molar-refractivity contribution in [3.8, 4) is 0 Å². The van der Waals surface area contributed by atoms with E-state index in [0.29, 0.717) is 6.04 Å². The van der Waals surface area contributed by atoms with E-state index >= 15 is 0 Å². The van der Waals surface area contributed by atoms with Gasteiger partial charge in [-0.2, -0.15) is 0 Å². The summed E-state index contributed by atoms with van der Waals surface area (Å²) in [4.78, 5) is 1.65. The molecule has 1 aromatic heterocycles. The first-order valence-corrected chi connectivity index (χ1v) is 8.76. The normalized spacial score (nSPS) is 25.8. The van der Waals surface area contributed by atoms with Crippen molar-refractivity contribution in [2.75, 3.05) is 0 Å². The van der Waals surface area contributed by atoms with Crippen LogP contribution < -0.4 is 5.32 Å². The van der Waals surface area contributed by atoms with Crippen molar-refractivity contribution in [3.63, 3.8) is 0 Å². The Hall–Kier alpha value is 0.390. The van der Waals surface area contributed by atoms with Crippen LogP contribution in [0.3, 0.4) is 0 Å². The monoisotopic (exact) mass is 361 g/mol. The van der Waals surface area contributed by atoms with Crippen molar-refractivity contribution in [1.29, 1.82) is 0 Å². The topological polar surface area (TPSA) is 12.0 Å². The molecule has 0 aliphatic heterocycles. The fourth-order valence-electron chi connectivity index (χ4n) is 3.25. The number of thiophene rings is 1. The molecule has 3 heteroatoms. The Bertz CT molecular complexity index is 382. The van der Waals surface area contributed by atoms with Crippen LogP contribution in [0.1, 0.15) is 61.4 Å². The molecule has 0 amide bonds. The van der Waals surface area contributed by atoms with Crippen molar-refractivity contribution >= 4 is 33.9 Å². The predicted molar refractivity (Wildman–Crippen MR) is 82.7 cm³/mol. The molecule has 1 N–H and O–H groups in total. The zero-order chi connectivity index (χ0) is 11.7. The van der Waals surface area contributed by atoms with E-state index in [1.807, 2.05) is 11.3 Å². The van der Waals surface area contributed by atoms with Gasteiger partial charge in [-0.1, -0.05) is 19.3 Å². The van der Waals surface area contributed by atoms with Gasteiger partial charge in [0.2, 0.25) is 0 Å². The summed E-state index contributed by atoms with van der Waals surface area (Å²) in [7, 11) is 0. The smallest absolute Gasteiger partial charge is 0.0659 e. The lowest BCUT2D eigenvalue weighted by Crippen LogP contribution is -2.35. The van der Waals surface area contributed by atoms with Crippen LogP contribution in [-0.4, -0.2) is 6.04 Å². The number of halogens is 1. The van der Waals surface area contributed by atoms with E-state index < -0.39 is 0 Å². The van der Waals surface area contributed by atoms with Crippen LogP contribution in [0.15, 0.2) is 6.07 Å². The molecule has 0 spiro atoms. The molecule has 17 heavy (non-hydrogen) atoms. The van der Waals surface area contributed by atoms with E-state index in [-0.39, 0.29) is 0 Å². The summed E-state index contributed by atoms with van der Waals surface area (Å²) in [5, 5.41) is 3.93. The summed E-state index contributed by atoms with van der Waals surface area (Å²) in [6, 6.07) is 3.86. The Kier molecular flexibility index (Phi) is 4.07. The van der Waals surface area contributed by atoms with Crippen LogP contribution in [0.4, 0.5) is 0 Å². The summed E-state index contributed by atoms with van der Waals surface area (Å²) >= 11 is 4.47. The van der Waals surface area contributed by atoms with Gasteiger partial charge in [0.05, 0.1) is 2.88 Å². The highest BCUT2D eigenvalue weighted by atomic mass is 127. The van der Waals surface area contributed by atoms with Crippen LogP contribution >= 0.6 is 33.9 Å². The van der Waals surface area contributed by atoms with Gasteiger partial charge in [0.15, 0.2) is 0 Å². The Morgan fingerprint density at radius 2 is 1.94 bits per heavy atom. The average Bonchev–Trinajstić information content (AvgIpc) is 2.72. The van der Waals surface area contributed by atoms with Crippen molar-refractivity contribution in [2.45, 2.75) is 63.5 Å². The Labute approximate surface area is 122 Å². The second-order valence-corrected chi connectivity index (χ2v) is 8.41. The molecule has 1 nitrogen and oxygen atoms in total. The van der Waals surface area contributed by atoms with Gasteiger partial charge >= 0.3 is 0 Å². The summed E-state index contributed by atoms with van der Waals surface area (Å²) in [5.74, 6) is 0. The molecule has 1 atom stereocenters. The Morgan fingerprint density at radius 1 is 1.12 bits per heavy atom. The maximum Gasteiger partial charge on any atom is 0.0659 e. The summed E-state index contributed by atoms with van der Waals surface area (Å²) in [6.45, 7) is 0. The predicted octanol–water partition coefficient (Wildman–Crippen LogP) is 4.65. The van der Waals surface area contributed by atoms with Crippen molar-refractivity contribution in [2.24, 2.45) is 0 Å². The van der Waals surface area contributed by atoms with Gasteiger partial charge in [-0.05, 0) is 66.3 Å². The van der Waals surface area contributed by atoms with Gasteiger partial charge in [0, 0.05) is 17.0 Å². The summed E-state index contributed by atoms with van der Waals surface area (Å²) < 4.78 is 1.46. The molecular weight excluding hydrogens is 341 g/mol. The molecule has 2 aliphatic carbocycles. The zero-order valence-electron chi connectivity index (χ0n) is 10.2. The van der Waals surface area contributed by atoms with E-state index in [2.05, 4.69) is 34.0 Å². The fraction of sp³-hybridized carbons (Fsp3) is 0.714. The summed E-state index contributed by atoms with van der Waals surface area (Å²) in [5.41, 5.74) is 1.62. The van der Waals surface area contributed by atoms with Crippen LogP contribution in [0.5, 0.6) is 0 Å². The molecule has 1 fully saturated rings. The van der Waals surface area contributed by atoms with E-state index in [0.717, 1.165) is 6.04 Å². The maximum absolute atomic E-state index is 3.93. The highest BCUT2D eigenvalue weighted by molar-refractivity contribution is 14.1. The lowest BCUT2D eigenvalue weighted by Gasteiger charge is -2.31. The third-order valence-corrected chi connectivity index (χ3v) is 6.10. The van der Waals surface area contributed by atoms with Gasteiger partial charge in [-0.15, -0.1) is 11.3 Å². The van der Waals surface area contributed by atoms with E-state index in [1.165, 1.54) is 54.3 Å². The highest BCUT2D eigenvalue weighted by Crippen LogP contribution is 2.37. The Balaban J connectivity index is 1.71. The third kappa shape index (κ3) is 2.87. The first-order valence-electron chi connectivity index (χ1n) is 6.87. The standard InChI is InChI=1S/C14H20INS/c15-14-9-11-12(7-4-8-13(11)17-14)16-10-5-2-1-3-6-10/h9-10,12,16H,1-8H2. The molecule has 1 saturated carbocycles. The third-order valence-electron chi connectivity index (χ3n) is 4.13. The first kappa shape index (κ1) is 12.4. The zero-order valence-corrected chi connectivity index (χ0v) is 13.1. The Morgan fingerprint density at radius 3 is 2.76 bits per heavy atom. The quantitative estimate of drug-likeness (QED) is 0.756. The number of hydrogen-bond donors (Lipinski definition) is 1. The van der Waals surface area contributed by atoms with Crippen molar-refractivity contribution in [1.82, 2.24) is 5.32 Å².